The van der Waals surface area contributed by atoms with Crippen molar-refractivity contribution in [2.45, 2.75) is 129 Å². The Bertz CT molecular complexity index is 6350. The molecule has 0 radical (unpaired) electrons. The van der Waals surface area contributed by atoms with Crippen molar-refractivity contribution >= 4 is 105 Å². The molecule has 0 atom stereocenters. The van der Waals surface area contributed by atoms with Crippen molar-refractivity contribution in [3.05, 3.63) is 246 Å². The zero-order valence-electron chi connectivity index (χ0n) is 69.5. The van der Waals surface area contributed by atoms with E-state index in [-0.39, 0.29) is 133 Å². The average molecular weight is 1830 g/mol. The fourth-order valence-corrected chi connectivity index (χ4v) is 15.8. The summed E-state index contributed by atoms with van der Waals surface area (Å²) in [6, 6.07) is 14.5. The molecule has 131 heavy (non-hydrogen) atoms. The number of nitrogens with two attached hydrogens (primary N) is 1. The van der Waals surface area contributed by atoms with Crippen LogP contribution in [0.4, 0.5) is 55.3 Å². The number of pyridine rings is 3. The topological polar surface area (TPSA) is 400 Å². The van der Waals surface area contributed by atoms with Crippen LogP contribution in [0.5, 0.6) is 17.2 Å². The molecule has 0 bridgehead atoms. The van der Waals surface area contributed by atoms with E-state index in [9.17, 15) is 103 Å². The number of aromatic carboxylic acids is 2. The molecule has 0 spiro atoms. The smallest absolute Gasteiger partial charge is 0.477 e. The largest absolute Gasteiger partial charge is 0.870 e. The third-order valence-corrected chi connectivity index (χ3v) is 22.2. The van der Waals surface area contributed by atoms with Crippen molar-refractivity contribution in [3.8, 4) is 17.2 Å². The Kier molecular flexibility index (Phi) is 29.7. The van der Waals surface area contributed by atoms with Crippen molar-refractivity contribution in [3.63, 3.8) is 0 Å². The number of ether oxygens (including phenoxy) is 3. The normalized spacial score (nSPS) is 15.6. The number of carboxylic acids is 2. The number of nitrogens with one attached hydrogen (secondary N) is 1. The first-order valence-corrected chi connectivity index (χ1v) is 40.3. The SMILES string of the molecule is CC(=O)OB(OC(C)=O)OC(=O)c1cn(C2CC2)c2c(OC(F)F)c(F)c(F)cc2c1=O.CO.[C-]#[N+]C(CN)=C1CCN(c2c(F)cc3c(=O)c(C(=O)O)cn(C4CC4)c3c2OC(F)F)CC1.[C-]#[N+]C(CN1C(=O)c2ccccc2C1=O)=C1CCN(c2c(F)cc3c(=O)c(C(=O)O)cn(C4CC4)c3c2OC(F)F)CC1.[C-]#[N+]C(CN1C(=O)c2ccccc2C1=O)=C1CCNCC1. The number of piperidine rings is 3. The summed E-state index contributed by atoms with van der Waals surface area (Å²) in [7, 11) is -1.12. The van der Waals surface area contributed by atoms with E-state index in [1.165, 1.54) is 18.9 Å². The van der Waals surface area contributed by atoms with Crippen LogP contribution in [0.3, 0.4) is 0 Å². The van der Waals surface area contributed by atoms with Crippen LogP contribution in [0.1, 0.15) is 182 Å². The molecule has 5 aromatic carbocycles. The fraction of sp³-hybridized carbons (Fsp3) is 0.345. The first-order valence-electron chi connectivity index (χ1n) is 40.3. The van der Waals surface area contributed by atoms with Crippen LogP contribution >= 0.6 is 0 Å². The van der Waals surface area contributed by atoms with Crippen LogP contribution in [0, 0.1) is 43.0 Å². The molecular weight excluding hydrogens is 1750 g/mol. The fourth-order valence-electron chi connectivity index (χ4n) is 15.8. The molecule has 6 N–H and O–H groups in total. The number of rotatable bonds is 22. The molecule has 3 saturated heterocycles. The lowest BCUT2D eigenvalue weighted by Gasteiger charge is -2.33. The first kappa shape index (κ1) is 95.4. The van der Waals surface area contributed by atoms with Gasteiger partial charge >= 0.3 is 45.1 Å². The number of aliphatic hydroxyl groups excluding tert-OH is 1. The molecule has 0 unspecified atom stereocenters. The highest BCUT2D eigenvalue weighted by atomic mass is 19.3. The number of carbonyl (C=O) groups is 9. The van der Waals surface area contributed by atoms with Gasteiger partial charge in [0, 0.05) is 90.4 Å². The minimum absolute atomic E-state index is 0.0469. The maximum absolute atomic E-state index is 15.7. The minimum Gasteiger partial charge on any atom is -0.477 e. The Hall–Kier alpha value is -14.7. The number of carbonyl (C=O) groups excluding carboxylic acids is 7. The minimum atomic E-state index is -3.52. The third kappa shape index (κ3) is 20.6. The maximum Gasteiger partial charge on any atom is 0.870 e. The molecule has 8 heterocycles. The Morgan fingerprint density at radius 2 is 0.786 bits per heavy atom. The van der Waals surface area contributed by atoms with Gasteiger partial charge in [-0.2, -0.15) is 30.7 Å². The summed E-state index contributed by atoms with van der Waals surface area (Å²) in [4.78, 5) is 163. The van der Waals surface area contributed by atoms with Gasteiger partial charge < -0.3 is 78.0 Å². The summed E-state index contributed by atoms with van der Waals surface area (Å²) >= 11 is 0. The Morgan fingerprint density at radius 1 is 0.473 bits per heavy atom. The number of nitrogens with zero attached hydrogens (tertiary/aromatic N) is 10. The van der Waals surface area contributed by atoms with Crippen LogP contribution in [-0.4, -0.2) is 185 Å². The van der Waals surface area contributed by atoms with Crippen molar-refractivity contribution in [2.75, 3.05) is 75.8 Å². The monoisotopic (exact) mass is 1830 g/mol. The summed E-state index contributed by atoms with van der Waals surface area (Å²) in [5.41, 5.74) is 4.46. The van der Waals surface area contributed by atoms with E-state index in [1.54, 1.807) is 53.4 Å². The third-order valence-electron chi connectivity index (χ3n) is 22.2. The summed E-state index contributed by atoms with van der Waals surface area (Å²) < 4.78 is 171. The Morgan fingerprint density at radius 3 is 1.11 bits per heavy atom. The molecule has 5 aliphatic heterocycles. The van der Waals surface area contributed by atoms with Crippen molar-refractivity contribution in [1.82, 2.24) is 28.8 Å². The van der Waals surface area contributed by atoms with Crippen LogP contribution in [0.15, 0.2) is 134 Å². The Labute approximate surface area is 735 Å². The van der Waals surface area contributed by atoms with Gasteiger partial charge in [-0.25, -0.2) is 42.1 Å². The number of benzene rings is 5. The lowest BCUT2D eigenvalue weighted by atomic mass is 9.99. The van der Waals surface area contributed by atoms with Crippen LogP contribution < -0.4 is 51.3 Å². The first-order chi connectivity index (χ1) is 62.6. The van der Waals surface area contributed by atoms with E-state index in [4.69, 9.17) is 44.7 Å². The van der Waals surface area contributed by atoms with E-state index in [2.05, 4.69) is 33.9 Å². The number of imide groups is 2. The number of carboxylic acid groups (broad SMARTS) is 2. The van der Waals surface area contributed by atoms with E-state index >= 15 is 8.78 Å². The number of halogens is 10. The maximum atomic E-state index is 15.7. The van der Waals surface area contributed by atoms with Gasteiger partial charge in [0.05, 0.1) is 87.8 Å². The van der Waals surface area contributed by atoms with Crippen LogP contribution in [-0.2, 0) is 23.6 Å². The molecule has 6 fully saturated rings. The standard InChI is InChI=1S/C30H23F3N4O6.C22H21F3N4O4.C18H14BF4NO8.C16H15N3O2.CH4O/c1-34-22(14-37-27(39)17-4-2-3-5-18(17)28(37)40)15-8-10-35(11-9-15)24-21(31)12-19-23(26(24)43-30(32)33)36(16-6-7-16)13-20(25(19)38)29(41)42;1-27-16(9-26)11-4-6-28(7-5-11)18-15(23)8-13-17(20(18)33-22(24)25)29(12-2-3-12)10-14(19(13)30)21(31)32;1-7(25)30-19(31-8(2)26)32-17(28)11-6-24(9-3-4-9)14-10(15(11)27)5-12(20)13(21)16(14)29-18(22)23;1-17-14(11-6-8-18-9-7-11)10-19-15(20)12-4-2-3-5-13(12)16(19)21;1-2/h2-5,12-13,16,30H,6-11,14H2,(H,41,42);8,10,12,22H,2-7,9,26H2,(H,31,32);5-6,9,18H,3-4H2,1-2H3;2-5,18H,6-10H2;2H,1H3. The van der Waals surface area contributed by atoms with Crippen molar-refractivity contribution in [2.24, 2.45) is 5.73 Å². The highest BCUT2D eigenvalue weighted by Crippen LogP contribution is 2.49. The van der Waals surface area contributed by atoms with Gasteiger partial charge in [0.1, 0.15) is 28.1 Å². The zero-order chi connectivity index (χ0) is 95.0. The van der Waals surface area contributed by atoms with Crippen molar-refractivity contribution < 1.29 is 131 Å². The zero-order valence-corrected chi connectivity index (χ0v) is 69.5. The van der Waals surface area contributed by atoms with E-state index < -0.39 is 159 Å². The number of aliphatic hydroxyl groups is 1. The molecule has 16 rings (SSSR count). The van der Waals surface area contributed by atoms with Gasteiger partial charge in [0.15, 0.2) is 51.8 Å². The predicted octanol–water partition coefficient (Wildman–Crippen LogP) is 12.3. The number of hydrogen-bond donors (Lipinski definition) is 5. The van der Waals surface area contributed by atoms with Gasteiger partial charge in [0.2, 0.25) is 22.1 Å². The van der Waals surface area contributed by atoms with Crippen molar-refractivity contribution in [1.29, 1.82) is 0 Å². The molecule has 4 amide bonds. The quantitative estimate of drug-likeness (QED) is 0.0182. The molecular formula is C87H77BF10N12O21. The number of anilines is 2. The van der Waals surface area contributed by atoms with E-state index in [0.717, 1.165) is 98.2 Å². The van der Waals surface area contributed by atoms with E-state index in [1.807, 2.05) is 0 Å². The summed E-state index contributed by atoms with van der Waals surface area (Å²) in [5.74, 6) is -15.6. The van der Waals surface area contributed by atoms with Gasteiger partial charge in [-0.05, 0) is 133 Å². The van der Waals surface area contributed by atoms with Gasteiger partial charge in [-0.1, -0.05) is 41.0 Å². The molecule has 684 valence electrons. The second-order valence-corrected chi connectivity index (χ2v) is 30.4. The summed E-state index contributed by atoms with van der Waals surface area (Å²) in [6.07, 6.45) is 9.45. The highest BCUT2D eigenvalue weighted by molar-refractivity contribution is 6.44. The van der Waals surface area contributed by atoms with Crippen LogP contribution in [0.25, 0.3) is 47.2 Å². The summed E-state index contributed by atoms with van der Waals surface area (Å²) in [5, 5.41) is 27.8. The van der Waals surface area contributed by atoms with Gasteiger partial charge in [-0.3, -0.25) is 53.0 Å². The average Bonchev–Trinajstić information content (AvgIpc) is 1.71. The van der Waals surface area contributed by atoms with Gasteiger partial charge in [-0.15, -0.1) is 0 Å². The molecule has 44 heteroatoms. The molecule has 8 aliphatic rings. The number of amides is 4. The molecule has 3 saturated carbocycles. The number of alkyl halides is 6. The lowest BCUT2D eigenvalue weighted by Crippen LogP contribution is -2.35. The number of fused-ring (bicyclic) bond motifs is 5. The number of aromatic nitrogens is 3. The lowest BCUT2D eigenvalue weighted by molar-refractivity contribution is -0.140. The van der Waals surface area contributed by atoms with E-state index in [0.29, 0.717) is 85.5 Å². The molecule has 8 aromatic rings. The Balaban J connectivity index is 0.000000161. The highest BCUT2D eigenvalue weighted by Gasteiger charge is 2.43. The second-order valence-electron chi connectivity index (χ2n) is 30.4. The number of hydrogen-bond acceptors (Lipinski definition) is 23. The van der Waals surface area contributed by atoms with Gasteiger partial charge in [0.25, 0.3) is 35.6 Å². The molecule has 3 aliphatic carbocycles. The van der Waals surface area contributed by atoms with Crippen LogP contribution in [0.2, 0.25) is 0 Å². The molecule has 3 aromatic heterocycles. The second kappa shape index (κ2) is 40.7. The predicted molar refractivity (Wildman–Crippen MR) is 444 cm³/mol. The molecule has 33 nitrogen and oxygen atoms in total. The summed E-state index contributed by atoms with van der Waals surface area (Å²) in [6.45, 7) is 16.2.